The van der Waals surface area contributed by atoms with E-state index in [1.165, 1.54) is 5.56 Å². The van der Waals surface area contributed by atoms with Crippen molar-refractivity contribution in [2.45, 2.75) is 38.6 Å². The first kappa shape index (κ1) is 23.9. The number of nitrogens with two attached hydrogens (primary N) is 1. The van der Waals surface area contributed by atoms with Gasteiger partial charge in [0.15, 0.2) is 0 Å². The zero-order valence-electron chi connectivity index (χ0n) is 17.9. The Morgan fingerprint density at radius 3 is 2.57 bits per heavy atom. The van der Waals surface area contributed by atoms with Gasteiger partial charge in [0.1, 0.15) is 0 Å². The van der Waals surface area contributed by atoms with Crippen LogP contribution < -0.4 is 11.1 Å². The van der Waals surface area contributed by atoms with Gasteiger partial charge in [-0.2, -0.15) is 5.10 Å². The van der Waals surface area contributed by atoms with Crippen LogP contribution in [0.2, 0.25) is 0 Å². The summed E-state index contributed by atoms with van der Waals surface area (Å²) in [6, 6.07) is 8.04. The number of nitrogens with zero attached hydrogens (tertiary/aromatic N) is 3. The minimum absolute atomic E-state index is 0. The monoisotopic (exact) mass is 433 g/mol. The molecule has 1 saturated heterocycles. The van der Waals surface area contributed by atoms with Crippen LogP contribution in [0, 0.1) is 5.92 Å². The van der Waals surface area contributed by atoms with E-state index in [1.807, 2.05) is 38.5 Å². The average Bonchev–Trinajstić information content (AvgIpc) is 3.34. The Balaban J connectivity index is 0.00000320. The number of hydrogen-bond donors (Lipinski definition) is 2. The molecule has 1 aliphatic rings. The predicted octanol–water partition coefficient (Wildman–Crippen LogP) is 2.17. The molecule has 3 N–H and O–H groups in total. The molecule has 1 fully saturated rings. The van der Waals surface area contributed by atoms with E-state index in [9.17, 15) is 9.59 Å². The van der Waals surface area contributed by atoms with Gasteiger partial charge in [0.2, 0.25) is 11.8 Å². The van der Waals surface area contributed by atoms with Crippen molar-refractivity contribution in [1.29, 1.82) is 0 Å². The van der Waals surface area contributed by atoms with E-state index < -0.39 is 5.91 Å². The fraction of sp³-hybridized carbons (Fsp3) is 0.500. The molecule has 1 aliphatic heterocycles. The largest absolute Gasteiger partial charge is 0.368 e. The van der Waals surface area contributed by atoms with E-state index in [-0.39, 0.29) is 42.7 Å². The van der Waals surface area contributed by atoms with Gasteiger partial charge < -0.3 is 16.0 Å². The number of amides is 2. The van der Waals surface area contributed by atoms with E-state index >= 15 is 0 Å². The first-order valence-electron chi connectivity index (χ1n) is 10.3. The fourth-order valence-corrected chi connectivity index (χ4v) is 4.14. The highest BCUT2D eigenvalue weighted by molar-refractivity contribution is 5.86. The Morgan fingerprint density at radius 1 is 1.30 bits per heavy atom. The van der Waals surface area contributed by atoms with Crippen LogP contribution in [-0.2, 0) is 23.1 Å². The predicted molar refractivity (Wildman–Crippen MR) is 119 cm³/mol. The van der Waals surface area contributed by atoms with E-state index in [0.717, 1.165) is 24.0 Å². The number of aromatic nitrogens is 2. The van der Waals surface area contributed by atoms with Gasteiger partial charge in [-0.3, -0.25) is 14.3 Å². The molecule has 0 spiro atoms. The Bertz CT molecular complexity index is 851. The first-order valence-corrected chi connectivity index (χ1v) is 10.3. The number of benzene rings is 1. The number of hydrogen-bond acceptors (Lipinski definition) is 4. The van der Waals surface area contributed by atoms with Gasteiger partial charge in [0, 0.05) is 32.3 Å². The third kappa shape index (κ3) is 5.40. The van der Waals surface area contributed by atoms with Crippen LogP contribution >= 0.6 is 12.4 Å². The Hall–Kier alpha value is -2.38. The van der Waals surface area contributed by atoms with Crippen LogP contribution in [0.1, 0.15) is 48.9 Å². The number of primary amides is 1. The summed E-state index contributed by atoms with van der Waals surface area (Å²) in [6.07, 6.45) is 5.88. The molecule has 0 radical (unpaired) electrons. The maximum Gasteiger partial charge on any atom is 0.237 e. The summed E-state index contributed by atoms with van der Waals surface area (Å²) in [6.45, 7) is 5.31. The van der Waals surface area contributed by atoms with Crippen LogP contribution in [0.5, 0.6) is 0 Å². The van der Waals surface area contributed by atoms with Gasteiger partial charge in [0.25, 0.3) is 0 Å². The zero-order chi connectivity index (χ0) is 21.0. The summed E-state index contributed by atoms with van der Waals surface area (Å²) in [5.41, 5.74) is 8.80. The SMILES string of the molecule is CCCc1ccc(C(C)N(CC(N)=O)C(=O)[C@H]2CNC[C@@H]2c2cnn(C)c2)cc1.Cl. The van der Waals surface area contributed by atoms with Crippen molar-refractivity contribution in [3.63, 3.8) is 0 Å². The fourth-order valence-electron chi connectivity index (χ4n) is 4.14. The topological polar surface area (TPSA) is 93.2 Å². The van der Waals surface area contributed by atoms with Crippen molar-refractivity contribution in [2.75, 3.05) is 19.6 Å². The summed E-state index contributed by atoms with van der Waals surface area (Å²) < 4.78 is 1.75. The molecule has 3 rings (SSSR count). The van der Waals surface area contributed by atoms with E-state index in [1.54, 1.807) is 9.58 Å². The molecule has 3 atom stereocenters. The number of rotatable bonds is 8. The van der Waals surface area contributed by atoms with Crippen molar-refractivity contribution in [1.82, 2.24) is 20.0 Å². The van der Waals surface area contributed by atoms with Gasteiger partial charge in [-0.25, -0.2) is 0 Å². The van der Waals surface area contributed by atoms with Crippen molar-refractivity contribution in [3.8, 4) is 0 Å². The quantitative estimate of drug-likeness (QED) is 0.667. The van der Waals surface area contributed by atoms with Gasteiger partial charge in [-0.15, -0.1) is 12.4 Å². The van der Waals surface area contributed by atoms with Crippen LogP contribution in [0.15, 0.2) is 36.7 Å². The third-order valence-electron chi connectivity index (χ3n) is 5.76. The number of nitrogens with one attached hydrogen (secondary N) is 1. The van der Waals surface area contributed by atoms with E-state index in [4.69, 9.17) is 5.73 Å². The third-order valence-corrected chi connectivity index (χ3v) is 5.76. The van der Waals surface area contributed by atoms with E-state index in [2.05, 4.69) is 29.5 Å². The molecule has 7 nitrogen and oxygen atoms in total. The molecule has 164 valence electrons. The van der Waals surface area contributed by atoms with Gasteiger partial charge >= 0.3 is 0 Å². The molecule has 2 amide bonds. The Morgan fingerprint density at radius 2 is 2.00 bits per heavy atom. The van der Waals surface area contributed by atoms with Crippen molar-refractivity contribution >= 4 is 24.2 Å². The lowest BCUT2D eigenvalue weighted by Crippen LogP contribution is -2.44. The maximum absolute atomic E-state index is 13.5. The molecule has 0 aliphatic carbocycles. The number of carbonyl (C=O) groups excluding carboxylic acids is 2. The smallest absolute Gasteiger partial charge is 0.237 e. The molecule has 8 heteroatoms. The van der Waals surface area contributed by atoms with Crippen LogP contribution in [0.3, 0.4) is 0 Å². The molecular weight excluding hydrogens is 402 g/mol. The molecule has 1 aromatic heterocycles. The Kier molecular flexibility index (Phi) is 8.43. The number of halogens is 1. The van der Waals surface area contributed by atoms with Crippen molar-refractivity contribution in [3.05, 3.63) is 53.3 Å². The van der Waals surface area contributed by atoms with Gasteiger partial charge in [-0.05, 0) is 30.0 Å². The highest BCUT2D eigenvalue weighted by atomic mass is 35.5. The first-order chi connectivity index (χ1) is 13.9. The van der Waals surface area contributed by atoms with Gasteiger partial charge in [-0.1, -0.05) is 37.6 Å². The standard InChI is InChI=1S/C22H31N5O2.ClH/c1-4-5-16-6-8-17(9-7-16)15(2)27(14-21(23)28)22(29)20-12-24-11-19(20)18-10-25-26(3)13-18;/h6-10,13,15,19-20,24H,4-5,11-12,14H2,1-3H3,(H2,23,28);1H/t15?,19-,20+;/m1./s1. The lowest BCUT2D eigenvalue weighted by Gasteiger charge is -2.32. The molecule has 2 aromatic rings. The molecule has 2 heterocycles. The second-order valence-electron chi connectivity index (χ2n) is 7.92. The summed E-state index contributed by atoms with van der Waals surface area (Å²) in [5.74, 6) is -0.768. The zero-order valence-corrected chi connectivity index (χ0v) is 18.7. The second kappa shape index (κ2) is 10.6. The van der Waals surface area contributed by atoms with Crippen LogP contribution in [0.25, 0.3) is 0 Å². The molecule has 1 aromatic carbocycles. The molecule has 0 bridgehead atoms. The second-order valence-corrected chi connectivity index (χ2v) is 7.92. The summed E-state index contributed by atoms with van der Waals surface area (Å²) >= 11 is 0. The highest BCUT2D eigenvalue weighted by Gasteiger charge is 2.38. The number of carbonyl (C=O) groups is 2. The summed E-state index contributed by atoms with van der Waals surface area (Å²) in [4.78, 5) is 26.9. The molecular formula is C22H32ClN5O2. The van der Waals surface area contributed by atoms with Crippen LogP contribution in [-0.4, -0.2) is 46.1 Å². The molecule has 1 unspecified atom stereocenters. The Labute approximate surface area is 184 Å². The molecule has 0 saturated carbocycles. The average molecular weight is 434 g/mol. The van der Waals surface area contributed by atoms with Crippen LogP contribution in [0.4, 0.5) is 0 Å². The highest BCUT2D eigenvalue weighted by Crippen LogP contribution is 2.32. The van der Waals surface area contributed by atoms with E-state index in [0.29, 0.717) is 13.1 Å². The van der Waals surface area contributed by atoms with Gasteiger partial charge in [0.05, 0.1) is 24.7 Å². The lowest BCUT2D eigenvalue weighted by molar-refractivity contribution is -0.141. The summed E-state index contributed by atoms with van der Waals surface area (Å²) in [5, 5.41) is 7.56. The minimum atomic E-state index is -0.503. The van der Waals surface area contributed by atoms with Crippen molar-refractivity contribution in [2.24, 2.45) is 18.7 Å². The summed E-state index contributed by atoms with van der Waals surface area (Å²) in [7, 11) is 1.87. The molecule has 30 heavy (non-hydrogen) atoms. The number of aryl methyl sites for hydroxylation is 2. The normalized spacial score (nSPS) is 19.2. The maximum atomic E-state index is 13.5. The minimum Gasteiger partial charge on any atom is -0.368 e. The lowest BCUT2D eigenvalue weighted by atomic mass is 9.89. The van der Waals surface area contributed by atoms with Crippen molar-refractivity contribution < 1.29 is 9.59 Å².